The zero-order chi connectivity index (χ0) is 12.5. The smallest absolute Gasteiger partial charge is 0.108 e. The second-order valence-corrected chi connectivity index (χ2v) is 4.91. The molecular weight excluding hydrogens is 210 g/mol. The molecule has 0 unspecified atom stereocenters. The van der Waals surface area contributed by atoms with Gasteiger partial charge < -0.3 is 9.88 Å². The first-order valence-corrected chi connectivity index (χ1v) is 6.97. The van der Waals surface area contributed by atoms with E-state index in [2.05, 4.69) is 41.8 Å². The third kappa shape index (κ3) is 5.87. The molecule has 98 valence electrons. The van der Waals surface area contributed by atoms with Crippen LogP contribution in [0.2, 0.25) is 0 Å². The van der Waals surface area contributed by atoms with Crippen molar-refractivity contribution in [1.82, 2.24) is 14.9 Å². The zero-order valence-corrected chi connectivity index (χ0v) is 11.6. The Kier molecular flexibility index (Phi) is 6.94. The minimum atomic E-state index is 0.619. The fourth-order valence-corrected chi connectivity index (χ4v) is 2.01. The maximum atomic E-state index is 4.34. The van der Waals surface area contributed by atoms with Crippen LogP contribution in [0.1, 0.15) is 52.3 Å². The number of aromatic nitrogens is 2. The molecule has 0 amide bonds. The summed E-state index contributed by atoms with van der Waals surface area (Å²) in [5, 5.41) is 3.45. The summed E-state index contributed by atoms with van der Waals surface area (Å²) in [6.07, 6.45) is 10.3. The van der Waals surface area contributed by atoms with Crippen LogP contribution >= 0.6 is 0 Å². The average molecular weight is 237 g/mol. The molecule has 1 rings (SSSR count). The van der Waals surface area contributed by atoms with E-state index in [1.807, 2.05) is 6.20 Å². The molecule has 0 aromatic carbocycles. The third-order valence-corrected chi connectivity index (χ3v) is 3.00. The highest BCUT2D eigenvalue weighted by molar-refractivity contribution is 4.91. The van der Waals surface area contributed by atoms with Gasteiger partial charge in [0.2, 0.25) is 0 Å². The standard InChI is InChI=1S/C14H27N3/c1-4-14-16-10-12-17(14)11-8-6-5-7-9-15-13(2)3/h10,12-13,15H,4-9,11H2,1-3H3. The van der Waals surface area contributed by atoms with Gasteiger partial charge in [-0.15, -0.1) is 0 Å². The Morgan fingerprint density at radius 3 is 2.71 bits per heavy atom. The summed E-state index contributed by atoms with van der Waals surface area (Å²) in [4.78, 5) is 4.34. The molecule has 0 saturated heterocycles. The van der Waals surface area contributed by atoms with Crippen molar-refractivity contribution in [3.05, 3.63) is 18.2 Å². The van der Waals surface area contributed by atoms with Crippen molar-refractivity contribution in [3.63, 3.8) is 0 Å². The first kappa shape index (κ1) is 14.2. The molecule has 3 heteroatoms. The highest BCUT2D eigenvalue weighted by atomic mass is 15.1. The number of hydrogen-bond acceptors (Lipinski definition) is 2. The van der Waals surface area contributed by atoms with Gasteiger partial charge in [0, 0.05) is 31.4 Å². The maximum Gasteiger partial charge on any atom is 0.108 e. The summed E-state index contributed by atoms with van der Waals surface area (Å²) in [5.41, 5.74) is 0. The van der Waals surface area contributed by atoms with Crippen LogP contribution in [0.4, 0.5) is 0 Å². The number of nitrogens with one attached hydrogen (secondary N) is 1. The van der Waals surface area contributed by atoms with Crippen molar-refractivity contribution in [1.29, 1.82) is 0 Å². The van der Waals surface area contributed by atoms with Gasteiger partial charge in [0.25, 0.3) is 0 Å². The molecule has 0 spiro atoms. The number of aryl methyl sites for hydroxylation is 2. The Hall–Kier alpha value is -0.830. The van der Waals surface area contributed by atoms with E-state index in [0.717, 1.165) is 19.5 Å². The Bertz CT molecular complexity index is 291. The van der Waals surface area contributed by atoms with E-state index in [-0.39, 0.29) is 0 Å². The zero-order valence-electron chi connectivity index (χ0n) is 11.6. The minimum Gasteiger partial charge on any atom is -0.335 e. The summed E-state index contributed by atoms with van der Waals surface area (Å²) in [6, 6.07) is 0.619. The molecule has 1 N–H and O–H groups in total. The van der Waals surface area contributed by atoms with Gasteiger partial charge in [0.1, 0.15) is 5.82 Å². The van der Waals surface area contributed by atoms with E-state index in [1.54, 1.807) is 0 Å². The van der Waals surface area contributed by atoms with E-state index in [1.165, 1.54) is 31.5 Å². The van der Waals surface area contributed by atoms with E-state index in [0.29, 0.717) is 6.04 Å². The first-order valence-electron chi connectivity index (χ1n) is 6.97. The number of unbranched alkanes of at least 4 members (excludes halogenated alkanes) is 3. The number of imidazole rings is 1. The molecule has 0 bridgehead atoms. The van der Waals surface area contributed by atoms with E-state index >= 15 is 0 Å². The number of nitrogens with zero attached hydrogens (tertiary/aromatic N) is 2. The summed E-state index contributed by atoms with van der Waals surface area (Å²) in [6.45, 7) is 8.84. The van der Waals surface area contributed by atoms with Gasteiger partial charge in [-0.3, -0.25) is 0 Å². The van der Waals surface area contributed by atoms with Crippen LogP contribution in [-0.2, 0) is 13.0 Å². The summed E-state index contributed by atoms with van der Waals surface area (Å²) >= 11 is 0. The van der Waals surface area contributed by atoms with Gasteiger partial charge >= 0.3 is 0 Å². The Morgan fingerprint density at radius 1 is 1.24 bits per heavy atom. The van der Waals surface area contributed by atoms with E-state index in [9.17, 15) is 0 Å². The second kappa shape index (κ2) is 8.29. The van der Waals surface area contributed by atoms with Crippen molar-refractivity contribution in [2.75, 3.05) is 6.54 Å². The normalized spacial score (nSPS) is 11.3. The molecule has 3 nitrogen and oxygen atoms in total. The van der Waals surface area contributed by atoms with E-state index < -0.39 is 0 Å². The van der Waals surface area contributed by atoms with Crippen LogP contribution in [0.15, 0.2) is 12.4 Å². The largest absolute Gasteiger partial charge is 0.335 e. The highest BCUT2D eigenvalue weighted by Gasteiger charge is 1.99. The Morgan fingerprint density at radius 2 is 2.00 bits per heavy atom. The van der Waals surface area contributed by atoms with Gasteiger partial charge in [0.15, 0.2) is 0 Å². The fraction of sp³-hybridized carbons (Fsp3) is 0.786. The molecule has 1 heterocycles. The van der Waals surface area contributed by atoms with Crippen LogP contribution in [0.25, 0.3) is 0 Å². The van der Waals surface area contributed by atoms with Crippen LogP contribution in [0, 0.1) is 0 Å². The Labute approximate surface area is 106 Å². The average Bonchev–Trinajstić information content (AvgIpc) is 2.74. The van der Waals surface area contributed by atoms with Crippen molar-refractivity contribution < 1.29 is 0 Å². The van der Waals surface area contributed by atoms with Crippen LogP contribution in [-0.4, -0.2) is 22.1 Å². The predicted molar refractivity (Wildman–Crippen MR) is 73.2 cm³/mol. The van der Waals surface area contributed by atoms with Crippen LogP contribution in [0.3, 0.4) is 0 Å². The quantitative estimate of drug-likeness (QED) is 0.669. The fourth-order valence-electron chi connectivity index (χ4n) is 2.01. The molecule has 0 fully saturated rings. The molecule has 17 heavy (non-hydrogen) atoms. The van der Waals surface area contributed by atoms with Gasteiger partial charge in [-0.1, -0.05) is 33.6 Å². The van der Waals surface area contributed by atoms with Gasteiger partial charge in [0.05, 0.1) is 0 Å². The lowest BCUT2D eigenvalue weighted by Gasteiger charge is -2.08. The van der Waals surface area contributed by atoms with Crippen molar-refractivity contribution in [2.45, 2.75) is 65.5 Å². The molecule has 0 aliphatic heterocycles. The molecule has 1 aromatic rings. The number of rotatable bonds is 9. The maximum absolute atomic E-state index is 4.34. The number of hydrogen-bond donors (Lipinski definition) is 1. The second-order valence-electron chi connectivity index (χ2n) is 4.91. The summed E-state index contributed by atoms with van der Waals surface area (Å²) in [5.74, 6) is 1.21. The lowest BCUT2D eigenvalue weighted by atomic mass is 10.2. The van der Waals surface area contributed by atoms with Crippen LogP contribution < -0.4 is 5.32 Å². The van der Waals surface area contributed by atoms with Crippen molar-refractivity contribution in [3.8, 4) is 0 Å². The third-order valence-electron chi connectivity index (χ3n) is 3.00. The lowest BCUT2D eigenvalue weighted by Crippen LogP contribution is -2.23. The van der Waals surface area contributed by atoms with Crippen LogP contribution in [0.5, 0.6) is 0 Å². The van der Waals surface area contributed by atoms with E-state index in [4.69, 9.17) is 0 Å². The van der Waals surface area contributed by atoms with Crippen molar-refractivity contribution in [2.24, 2.45) is 0 Å². The molecule has 0 aliphatic carbocycles. The SMILES string of the molecule is CCc1nccn1CCCCCCNC(C)C. The first-order chi connectivity index (χ1) is 8.24. The summed E-state index contributed by atoms with van der Waals surface area (Å²) < 4.78 is 2.28. The van der Waals surface area contributed by atoms with Gasteiger partial charge in [-0.2, -0.15) is 0 Å². The van der Waals surface area contributed by atoms with Crippen molar-refractivity contribution >= 4 is 0 Å². The molecule has 0 radical (unpaired) electrons. The summed E-state index contributed by atoms with van der Waals surface area (Å²) in [7, 11) is 0. The monoisotopic (exact) mass is 237 g/mol. The molecule has 0 atom stereocenters. The molecular formula is C14H27N3. The van der Waals surface area contributed by atoms with Gasteiger partial charge in [-0.05, 0) is 19.4 Å². The molecule has 0 saturated carbocycles. The molecule has 0 aliphatic rings. The minimum absolute atomic E-state index is 0.619. The predicted octanol–water partition coefficient (Wildman–Crippen LogP) is 3.00. The Balaban J connectivity index is 2.01. The lowest BCUT2D eigenvalue weighted by molar-refractivity contribution is 0.521. The van der Waals surface area contributed by atoms with Gasteiger partial charge in [-0.25, -0.2) is 4.98 Å². The highest BCUT2D eigenvalue weighted by Crippen LogP contribution is 2.05. The molecule has 1 aromatic heterocycles. The topological polar surface area (TPSA) is 29.9 Å².